The van der Waals surface area contributed by atoms with E-state index in [2.05, 4.69) is 9.97 Å². The zero-order valence-electron chi connectivity index (χ0n) is 12.3. The molecule has 2 heterocycles. The summed E-state index contributed by atoms with van der Waals surface area (Å²) in [5, 5.41) is 0. The Bertz CT molecular complexity index is 675. The van der Waals surface area contributed by atoms with Gasteiger partial charge in [-0.05, 0) is 18.2 Å². The molecule has 116 valence electrons. The Morgan fingerprint density at radius 2 is 2.09 bits per heavy atom. The van der Waals surface area contributed by atoms with Crippen LogP contribution >= 0.6 is 0 Å². The summed E-state index contributed by atoms with van der Waals surface area (Å²) in [4.78, 5) is 10.7. The van der Waals surface area contributed by atoms with Crippen LogP contribution in [-0.4, -0.2) is 43.4 Å². The Balaban J connectivity index is 2.02. The number of nitrogen functional groups attached to an aromatic ring is 1. The summed E-state index contributed by atoms with van der Waals surface area (Å²) in [5.41, 5.74) is 6.25. The SMILES string of the molecule is COc1cnc(-c2ccc(N)cc2F)nc1N1CCOCC1. The van der Waals surface area contributed by atoms with E-state index < -0.39 is 5.82 Å². The first-order chi connectivity index (χ1) is 10.7. The normalized spacial score (nSPS) is 14.9. The molecule has 22 heavy (non-hydrogen) atoms. The van der Waals surface area contributed by atoms with Gasteiger partial charge in [0.25, 0.3) is 0 Å². The average Bonchev–Trinajstić information content (AvgIpc) is 2.55. The molecule has 0 unspecified atom stereocenters. The summed E-state index contributed by atoms with van der Waals surface area (Å²) in [6, 6.07) is 4.47. The lowest BCUT2D eigenvalue weighted by molar-refractivity contribution is 0.122. The number of aromatic nitrogens is 2. The van der Waals surface area contributed by atoms with Crippen molar-refractivity contribution < 1.29 is 13.9 Å². The fourth-order valence-corrected chi connectivity index (χ4v) is 2.35. The standard InChI is InChI=1S/C15H17FN4O2/c1-21-13-9-18-14(11-3-2-10(17)8-12(11)16)19-15(13)20-4-6-22-7-5-20/h2-3,8-9H,4-7,17H2,1H3. The molecule has 3 rings (SSSR count). The second kappa shape index (κ2) is 6.15. The van der Waals surface area contributed by atoms with Gasteiger partial charge in [0.2, 0.25) is 0 Å². The van der Waals surface area contributed by atoms with Crippen molar-refractivity contribution >= 4 is 11.5 Å². The number of rotatable bonds is 3. The minimum Gasteiger partial charge on any atom is -0.491 e. The summed E-state index contributed by atoms with van der Waals surface area (Å²) < 4.78 is 24.7. The molecule has 0 radical (unpaired) electrons. The zero-order valence-corrected chi connectivity index (χ0v) is 12.3. The number of benzene rings is 1. The lowest BCUT2D eigenvalue weighted by Crippen LogP contribution is -2.37. The summed E-state index contributed by atoms with van der Waals surface area (Å²) in [5.74, 6) is 1.06. The van der Waals surface area contributed by atoms with Crippen LogP contribution in [0.15, 0.2) is 24.4 Å². The number of methoxy groups -OCH3 is 1. The van der Waals surface area contributed by atoms with Gasteiger partial charge in [-0.1, -0.05) is 0 Å². The van der Waals surface area contributed by atoms with E-state index in [1.54, 1.807) is 25.4 Å². The molecule has 1 fully saturated rings. The van der Waals surface area contributed by atoms with E-state index >= 15 is 0 Å². The van der Waals surface area contributed by atoms with Crippen LogP contribution in [0.5, 0.6) is 5.75 Å². The van der Waals surface area contributed by atoms with Crippen molar-refractivity contribution in [3.8, 4) is 17.1 Å². The Hall–Kier alpha value is -2.41. The Labute approximate surface area is 127 Å². The van der Waals surface area contributed by atoms with Gasteiger partial charge in [-0.2, -0.15) is 0 Å². The third-order valence-electron chi connectivity index (χ3n) is 3.50. The number of nitrogens with two attached hydrogens (primary N) is 1. The van der Waals surface area contributed by atoms with E-state index in [0.29, 0.717) is 54.9 Å². The lowest BCUT2D eigenvalue weighted by atomic mass is 10.2. The third-order valence-corrected chi connectivity index (χ3v) is 3.50. The molecule has 7 heteroatoms. The Kier molecular flexibility index (Phi) is 4.06. The molecular formula is C15H17FN4O2. The largest absolute Gasteiger partial charge is 0.491 e. The predicted molar refractivity (Wildman–Crippen MR) is 81.4 cm³/mol. The van der Waals surface area contributed by atoms with Gasteiger partial charge in [-0.15, -0.1) is 0 Å². The van der Waals surface area contributed by atoms with E-state index in [4.69, 9.17) is 15.2 Å². The molecule has 1 aliphatic heterocycles. The second-order valence-corrected chi connectivity index (χ2v) is 4.92. The maximum atomic E-state index is 14.1. The number of ether oxygens (including phenoxy) is 2. The van der Waals surface area contributed by atoms with E-state index in [1.807, 2.05) is 4.90 Å². The molecule has 0 bridgehead atoms. The number of morpholine rings is 1. The summed E-state index contributed by atoms with van der Waals surface area (Å²) in [6.07, 6.45) is 1.56. The average molecular weight is 304 g/mol. The minimum atomic E-state index is -0.446. The first-order valence-corrected chi connectivity index (χ1v) is 6.98. The van der Waals surface area contributed by atoms with Crippen molar-refractivity contribution in [2.24, 2.45) is 0 Å². The van der Waals surface area contributed by atoms with Crippen LogP contribution in [0.1, 0.15) is 0 Å². The minimum absolute atomic E-state index is 0.305. The van der Waals surface area contributed by atoms with Crippen molar-refractivity contribution in [2.45, 2.75) is 0 Å². The van der Waals surface area contributed by atoms with E-state index in [0.717, 1.165) is 0 Å². The highest BCUT2D eigenvalue weighted by Crippen LogP contribution is 2.29. The Morgan fingerprint density at radius 3 is 2.77 bits per heavy atom. The molecule has 0 spiro atoms. The van der Waals surface area contributed by atoms with Gasteiger partial charge in [-0.3, -0.25) is 0 Å². The molecular weight excluding hydrogens is 287 g/mol. The highest BCUT2D eigenvalue weighted by Gasteiger charge is 2.19. The van der Waals surface area contributed by atoms with Gasteiger partial charge in [0.1, 0.15) is 5.82 Å². The molecule has 0 atom stereocenters. The molecule has 1 aliphatic rings. The van der Waals surface area contributed by atoms with Crippen LogP contribution in [0.3, 0.4) is 0 Å². The van der Waals surface area contributed by atoms with Crippen LogP contribution in [0, 0.1) is 5.82 Å². The third kappa shape index (κ3) is 2.80. The van der Waals surface area contributed by atoms with Crippen LogP contribution in [0.2, 0.25) is 0 Å². The first-order valence-electron chi connectivity index (χ1n) is 6.98. The van der Waals surface area contributed by atoms with Crippen LogP contribution < -0.4 is 15.4 Å². The predicted octanol–water partition coefficient (Wildman–Crippen LogP) is 1.71. The molecule has 0 saturated carbocycles. The summed E-state index contributed by atoms with van der Waals surface area (Å²) in [7, 11) is 1.56. The van der Waals surface area contributed by atoms with Gasteiger partial charge in [0, 0.05) is 18.8 Å². The molecule has 6 nitrogen and oxygen atoms in total. The number of anilines is 2. The number of hydrogen-bond donors (Lipinski definition) is 1. The fourth-order valence-electron chi connectivity index (χ4n) is 2.35. The van der Waals surface area contributed by atoms with Gasteiger partial charge >= 0.3 is 0 Å². The van der Waals surface area contributed by atoms with E-state index in [9.17, 15) is 4.39 Å². The maximum Gasteiger partial charge on any atom is 0.179 e. The van der Waals surface area contributed by atoms with Crippen molar-refractivity contribution in [1.82, 2.24) is 9.97 Å². The van der Waals surface area contributed by atoms with Crippen LogP contribution in [-0.2, 0) is 4.74 Å². The molecule has 0 amide bonds. The molecule has 1 saturated heterocycles. The van der Waals surface area contributed by atoms with Crippen molar-refractivity contribution in [2.75, 3.05) is 44.0 Å². The number of nitrogens with zero attached hydrogens (tertiary/aromatic N) is 3. The van der Waals surface area contributed by atoms with E-state index in [1.165, 1.54) is 6.07 Å². The van der Waals surface area contributed by atoms with Gasteiger partial charge in [0.05, 0.1) is 32.1 Å². The summed E-state index contributed by atoms with van der Waals surface area (Å²) >= 11 is 0. The highest BCUT2D eigenvalue weighted by molar-refractivity contribution is 5.63. The van der Waals surface area contributed by atoms with Gasteiger partial charge in [-0.25, -0.2) is 14.4 Å². The second-order valence-electron chi connectivity index (χ2n) is 4.92. The maximum absolute atomic E-state index is 14.1. The first kappa shape index (κ1) is 14.5. The van der Waals surface area contributed by atoms with Crippen molar-refractivity contribution in [3.63, 3.8) is 0 Å². The topological polar surface area (TPSA) is 73.5 Å². The number of halogens is 1. The quantitative estimate of drug-likeness (QED) is 0.870. The van der Waals surface area contributed by atoms with Gasteiger partial charge < -0.3 is 20.1 Å². The number of hydrogen-bond acceptors (Lipinski definition) is 6. The molecule has 1 aromatic heterocycles. The fraction of sp³-hybridized carbons (Fsp3) is 0.333. The van der Waals surface area contributed by atoms with Crippen molar-refractivity contribution in [1.29, 1.82) is 0 Å². The van der Waals surface area contributed by atoms with E-state index in [-0.39, 0.29) is 0 Å². The van der Waals surface area contributed by atoms with Crippen molar-refractivity contribution in [3.05, 3.63) is 30.2 Å². The lowest BCUT2D eigenvalue weighted by Gasteiger charge is -2.28. The molecule has 0 aliphatic carbocycles. The molecule has 2 N–H and O–H groups in total. The van der Waals surface area contributed by atoms with Gasteiger partial charge in [0.15, 0.2) is 17.4 Å². The monoisotopic (exact) mass is 304 g/mol. The smallest absolute Gasteiger partial charge is 0.179 e. The van der Waals surface area contributed by atoms with Crippen LogP contribution in [0.25, 0.3) is 11.4 Å². The summed E-state index contributed by atoms with van der Waals surface area (Å²) in [6.45, 7) is 2.66. The molecule has 1 aromatic carbocycles. The highest BCUT2D eigenvalue weighted by atomic mass is 19.1. The zero-order chi connectivity index (χ0) is 15.5. The Morgan fingerprint density at radius 1 is 1.32 bits per heavy atom. The van der Waals surface area contributed by atoms with Crippen LogP contribution in [0.4, 0.5) is 15.9 Å². The molecule has 2 aromatic rings.